The number of aliphatic hydroxyl groups is 1. The van der Waals surface area contributed by atoms with Crippen LogP contribution >= 0.6 is 27.5 Å². The summed E-state index contributed by atoms with van der Waals surface area (Å²) in [6.45, 7) is -0.177. The van der Waals surface area contributed by atoms with Crippen LogP contribution < -0.4 is 10.1 Å². The van der Waals surface area contributed by atoms with E-state index in [1.54, 1.807) is 48.5 Å². The molecule has 0 saturated heterocycles. The summed E-state index contributed by atoms with van der Waals surface area (Å²) in [4.78, 5) is 12.5. The summed E-state index contributed by atoms with van der Waals surface area (Å²) in [6.07, 6.45) is 0. The van der Waals surface area contributed by atoms with E-state index in [-0.39, 0.29) is 12.5 Å². The van der Waals surface area contributed by atoms with Crippen molar-refractivity contribution < 1.29 is 19.1 Å². The SMILES string of the molecule is COc1cc(NC(=O)c2cc(Br)ccc2Cl)ccc1-c1ccc(CO)o1. The van der Waals surface area contributed by atoms with Crippen LogP contribution in [0.5, 0.6) is 5.75 Å². The number of furan rings is 1. The molecular formula is C19H15BrClNO4. The Morgan fingerprint density at radius 3 is 2.73 bits per heavy atom. The van der Waals surface area contributed by atoms with Gasteiger partial charge in [-0.1, -0.05) is 27.5 Å². The quantitative estimate of drug-likeness (QED) is 0.582. The van der Waals surface area contributed by atoms with Crippen molar-refractivity contribution in [3.05, 3.63) is 69.3 Å². The Balaban J connectivity index is 1.87. The van der Waals surface area contributed by atoms with Crippen LogP contribution in [0.2, 0.25) is 5.02 Å². The van der Waals surface area contributed by atoms with Crippen molar-refractivity contribution in [3.8, 4) is 17.1 Å². The average molecular weight is 437 g/mol. The van der Waals surface area contributed by atoms with Gasteiger partial charge in [-0.25, -0.2) is 0 Å². The van der Waals surface area contributed by atoms with E-state index in [0.29, 0.717) is 39.1 Å². The number of hydrogen-bond donors (Lipinski definition) is 2. The molecule has 1 heterocycles. The number of carbonyl (C=O) groups excluding carboxylic acids is 1. The lowest BCUT2D eigenvalue weighted by molar-refractivity contribution is 0.102. The topological polar surface area (TPSA) is 71.7 Å². The molecule has 26 heavy (non-hydrogen) atoms. The van der Waals surface area contributed by atoms with E-state index in [4.69, 9.17) is 25.9 Å². The van der Waals surface area contributed by atoms with Crippen LogP contribution in [0.4, 0.5) is 5.69 Å². The highest BCUT2D eigenvalue weighted by molar-refractivity contribution is 9.10. The minimum atomic E-state index is -0.327. The first-order chi connectivity index (χ1) is 12.5. The zero-order valence-electron chi connectivity index (χ0n) is 13.8. The number of amides is 1. The van der Waals surface area contributed by atoms with Gasteiger partial charge in [-0.3, -0.25) is 4.79 Å². The Kier molecular flexibility index (Phi) is 5.66. The van der Waals surface area contributed by atoms with Crippen molar-refractivity contribution in [2.45, 2.75) is 6.61 Å². The summed E-state index contributed by atoms with van der Waals surface area (Å²) < 4.78 is 11.7. The fourth-order valence-corrected chi connectivity index (χ4v) is 3.01. The van der Waals surface area contributed by atoms with Crippen molar-refractivity contribution in [1.29, 1.82) is 0 Å². The lowest BCUT2D eigenvalue weighted by atomic mass is 10.1. The van der Waals surface area contributed by atoms with Crippen LogP contribution in [0.15, 0.2) is 57.4 Å². The van der Waals surface area contributed by atoms with Crippen LogP contribution in [0, 0.1) is 0 Å². The number of methoxy groups -OCH3 is 1. The first-order valence-electron chi connectivity index (χ1n) is 7.66. The number of anilines is 1. The molecule has 134 valence electrons. The van der Waals surface area contributed by atoms with Crippen LogP contribution in [0.1, 0.15) is 16.1 Å². The first-order valence-corrected chi connectivity index (χ1v) is 8.83. The molecule has 0 aliphatic rings. The molecule has 3 rings (SSSR count). The lowest BCUT2D eigenvalue weighted by Crippen LogP contribution is -2.12. The van der Waals surface area contributed by atoms with E-state index in [9.17, 15) is 4.79 Å². The molecule has 0 atom stereocenters. The van der Waals surface area contributed by atoms with Crippen LogP contribution in [0.3, 0.4) is 0 Å². The van der Waals surface area contributed by atoms with Gasteiger partial charge in [0.1, 0.15) is 23.9 Å². The van der Waals surface area contributed by atoms with Gasteiger partial charge in [0.25, 0.3) is 5.91 Å². The van der Waals surface area contributed by atoms with E-state index >= 15 is 0 Å². The standard InChI is InChI=1S/C19H15BrClNO4/c1-25-18-9-12(3-5-14(18)17-7-4-13(10-23)26-17)22-19(24)15-8-11(20)2-6-16(15)21/h2-9,23H,10H2,1H3,(H,22,24). The molecule has 0 unspecified atom stereocenters. The average Bonchev–Trinajstić information content (AvgIpc) is 3.12. The summed E-state index contributed by atoms with van der Waals surface area (Å²) in [6, 6.07) is 13.7. The maximum Gasteiger partial charge on any atom is 0.257 e. The molecule has 1 aromatic heterocycles. The van der Waals surface area contributed by atoms with Gasteiger partial charge in [-0.15, -0.1) is 0 Å². The predicted molar refractivity (Wildman–Crippen MR) is 104 cm³/mol. The van der Waals surface area contributed by atoms with Gasteiger partial charge >= 0.3 is 0 Å². The van der Waals surface area contributed by atoms with E-state index in [2.05, 4.69) is 21.2 Å². The third-order valence-electron chi connectivity index (χ3n) is 3.72. The normalized spacial score (nSPS) is 10.6. The number of rotatable bonds is 5. The Hall–Kier alpha value is -2.28. The third-order valence-corrected chi connectivity index (χ3v) is 4.54. The highest BCUT2D eigenvalue weighted by Gasteiger charge is 2.14. The fourth-order valence-electron chi connectivity index (χ4n) is 2.45. The molecule has 0 bridgehead atoms. The largest absolute Gasteiger partial charge is 0.496 e. The lowest BCUT2D eigenvalue weighted by Gasteiger charge is -2.11. The molecule has 0 saturated carbocycles. The molecule has 0 radical (unpaired) electrons. The number of aliphatic hydroxyl groups excluding tert-OH is 1. The summed E-state index contributed by atoms with van der Waals surface area (Å²) in [7, 11) is 1.53. The predicted octanol–water partition coefficient (Wildman–Crippen LogP) is 5.12. The van der Waals surface area contributed by atoms with E-state index in [0.717, 1.165) is 4.47 Å². The maximum atomic E-state index is 12.5. The Bertz CT molecular complexity index is 954. The summed E-state index contributed by atoms with van der Waals surface area (Å²) in [5, 5.41) is 12.3. The van der Waals surface area contributed by atoms with Gasteiger partial charge in [-0.2, -0.15) is 0 Å². The molecular weight excluding hydrogens is 422 g/mol. The Labute approximate surface area is 163 Å². The van der Waals surface area contributed by atoms with Crippen LogP contribution in [-0.2, 0) is 6.61 Å². The number of ether oxygens (including phenoxy) is 1. The number of hydrogen-bond acceptors (Lipinski definition) is 4. The van der Waals surface area contributed by atoms with E-state index in [1.165, 1.54) is 7.11 Å². The van der Waals surface area contributed by atoms with Gasteiger partial charge in [0, 0.05) is 16.2 Å². The second-order valence-corrected chi connectivity index (χ2v) is 6.74. The highest BCUT2D eigenvalue weighted by Crippen LogP contribution is 2.34. The second-order valence-electron chi connectivity index (χ2n) is 5.42. The monoisotopic (exact) mass is 435 g/mol. The van der Waals surface area contributed by atoms with Gasteiger partial charge < -0.3 is 19.6 Å². The zero-order valence-corrected chi connectivity index (χ0v) is 16.1. The molecule has 2 aromatic carbocycles. The molecule has 3 aromatic rings. The maximum absolute atomic E-state index is 12.5. The minimum absolute atomic E-state index is 0.177. The summed E-state index contributed by atoms with van der Waals surface area (Å²) in [5.74, 6) is 1.23. The Morgan fingerprint density at radius 1 is 1.23 bits per heavy atom. The van der Waals surface area contributed by atoms with E-state index in [1.807, 2.05) is 0 Å². The highest BCUT2D eigenvalue weighted by atomic mass is 79.9. The zero-order chi connectivity index (χ0) is 18.7. The molecule has 5 nitrogen and oxygen atoms in total. The molecule has 2 N–H and O–H groups in total. The molecule has 7 heteroatoms. The molecule has 1 amide bonds. The fraction of sp³-hybridized carbons (Fsp3) is 0.105. The van der Waals surface area contributed by atoms with Crippen molar-refractivity contribution in [1.82, 2.24) is 0 Å². The van der Waals surface area contributed by atoms with Gasteiger partial charge in [0.2, 0.25) is 0 Å². The van der Waals surface area contributed by atoms with Crippen molar-refractivity contribution in [3.63, 3.8) is 0 Å². The number of nitrogens with one attached hydrogen (secondary N) is 1. The Morgan fingerprint density at radius 2 is 2.04 bits per heavy atom. The number of carbonyl (C=O) groups is 1. The summed E-state index contributed by atoms with van der Waals surface area (Å²) in [5.41, 5.74) is 1.63. The number of benzene rings is 2. The molecule has 0 aliphatic carbocycles. The molecule has 0 spiro atoms. The van der Waals surface area contributed by atoms with Crippen molar-refractivity contribution in [2.75, 3.05) is 12.4 Å². The third kappa shape index (κ3) is 3.93. The van der Waals surface area contributed by atoms with Crippen LogP contribution in [0.25, 0.3) is 11.3 Å². The smallest absolute Gasteiger partial charge is 0.257 e. The molecule has 0 aliphatic heterocycles. The first kappa shape index (κ1) is 18.5. The summed E-state index contributed by atoms with van der Waals surface area (Å²) >= 11 is 9.43. The van der Waals surface area contributed by atoms with Crippen molar-refractivity contribution >= 4 is 39.1 Å². The van der Waals surface area contributed by atoms with E-state index < -0.39 is 0 Å². The molecule has 0 fully saturated rings. The van der Waals surface area contributed by atoms with Crippen LogP contribution in [-0.4, -0.2) is 18.1 Å². The van der Waals surface area contributed by atoms with Crippen molar-refractivity contribution in [2.24, 2.45) is 0 Å². The van der Waals surface area contributed by atoms with Gasteiger partial charge in [-0.05, 0) is 42.5 Å². The second kappa shape index (κ2) is 7.95. The van der Waals surface area contributed by atoms with Gasteiger partial charge in [0.05, 0.1) is 23.3 Å². The van der Waals surface area contributed by atoms with Gasteiger partial charge in [0.15, 0.2) is 0 Å². The number of halogens is 2. The minimum Gasteiger partial charge on any atom is -0.496 e.